The number of aryl methyl sites for hydroxylation is 3. The number of hydrogen-bond donors (Lipinski definition) is 1. The fourth-order valence-electron chi connectivity index (χ4n) is 3.06. The first kappa shape index (κ1) is 21.0. The van der Waals surface area contributed by atoms with Crippen LogP contribution in [-0.4, -0.2) is 33.8 Å². The molecule has 0 unspecified atom stereocenters. The summed E-state index contributed by atoms with van der Waals surface area (Å²) in [6.07, 6.45) is 0. The van der Waals surface area contributed by atoms with Gasteiger partial charge in [0, 0.05) is 5.75 Å². The van der Waals surface area contributed by atoms with Crippen LogP contribution in [0.4, 0.5) is 5.69 Å². The SMILES string of the molecule is Cc1ccc(C)c(OCCSCC(=O)Nc2c(C)nn(-c3ccccc3)c2C)c1. The fraction of sp³-hybridized carbons (Fsp3) is 0.304. The lowest BCUT2D eigenvalue weighted by Crippen LogP contribution is -2.16. The van der Waals surface area contributed by atoms with E-state index < -0.39 is 0 Å². The highest BCUT2D eigenvalue weighted by molar-refractivity contribution is 7.99. The predicted molar refractivity (Wildman–Crippen MR) is 120 cm³/mol. The maximum atomic E-state index is 12.4. The number of carbonyl (C=O) groups is 1. The van der Waals surface area contributed by atoms with Crippen LogP contribution in [0.25, 0.3) is 5.69 Å². The van der Waals surface area contributed by atoms with Gasteiger partial charge < -0.3 is 10.1 Å². The van der Waals surface area contributed by atoms with Gasteiger partial charge in [0.05, 0.1) is 35.1 Å². The van der Waals surface area contributed by atoms with Gasteiger partial charge in [-0.15, -0.1) is 11.8 Å². The second-order valence-electron chi connectivity index (χ2n) is 7.01. The molecular weight excluding hydrogens is 382 g/mol. The van der Waals surface area contributed by atoms with E-state index in [0.717, 1.165) is 39.8 Å². The minimum Gasteiger partial charge on any atom is -0.492 e. The summed E-state index contributed by atoms with van der Waals surface area (Å²) in [7, 11) is 0. The van der Waals surface area contributed by atoms with Gasteiger partial charge in [0.2, 0.25) is 5.91 Å². The number of anilines is 1. The van der Waals surface area contributed by atoms with Gasteiger partial charge in [-0.3, -0.25) is 4.79 Å². The van der Waals surface area contributed by atoms with Crippen LogP contribution in [-0.2, 0) is 4.79 Å². The average Bonchev–Trinajstić information content (AvgIpc) is 2.99. The van der Waals surface area contributed by atoms with Crippen molar-refractivity contribution in [1.29, 1.82) is 0 Å². The quantitative estimate of drug-likeness (QED) is 0.540. The van der Waals surface area contributed by atoms with Crippen molar-refractivity contribution in [3.63, 3.8) is 0 Å². The van der Waals surface area contributed by atoms with E-state index in [9.17, 15) is 4.79 Å². The van der Waals surface area contributed by atoms with E-state index in [2.05, 4.69) is 29.5 Å². The Morgan fingerprint density at radius 3 is 2.62 bits per heavy atom. The molecule has 3 rings (SSSR count). The highest BCUT2D eigenvalue weighted by Gasteiger charge is 2.15. The Morgan fingerprint density at radius 1 is 1.10 bits per heavy atom. The van der Waals surface area contributed by atoms with E-state index in [0.29, 0.717) is 12.4 Å². The Bertz CT molecular complexity index is 983. The molecule has 0 saturated heterocycles. The van der Waals surface area contributed by atoms with Crippen molar-refractivity contribution < 1.29 is 9.53 Å². The van der Waals surface area contributed by atoms with Crippen molar-refractivity contribution in [3.05, 3.63) is 71.0 Å². The lowest BCUT2D eigenvalue weighted by atomic mass is 10.1. The summed E-state index contributed by atoms with van der Waals surface area (Å²) in [5.41, 5.74) is 5.80. The molecule has 2 aromatic carbocycles. The molecule has 29 heavy (non-hydrogen) atoms. The van der Waals surface area contributed by atoms with E-state index in [-0.39, 0.29) is 5.91 Å². The Morgan fingerprint density at radius 2 is 1.86 bits per heavy atom. The molecule has 0 fully saturated rings. The van der Waals surface area contributed by atoms with Crippen molar-refractivity contribution in [3.8, 4) is 11.4 Å². The molecule has 0 bridgehead atoms. The first-order valence-electron chi connectivity index (χ1n) is 9.65. The van der Waals surface area contributed by atoms with E-state index in [4.69, 9.17) is 4.74 Å². The standard InChI is InChI=1S/C23H27N3O2S/c1-16-10-11-17(2)21(14-16)28-12-13-29-15-22(27)24-23-18(3)25-26(19(23)4)20-8-6-5-7-9-20/h5-11,14H,12-13,15H2,1-4H3,(H,24,27). The summed E-state index contributed by atoms with van der Waals surface area (Å²) in [5.74, 6) is 2.02. The third kappa shape index (κ3) is 5.41. The van der Waals surface area contributed by atoms with Gasteiger partial charge >= 0.3 is 0 Å². The summed E-state index contributed by atoms with van der Waals surface area (Å²) >= 11 is 1.56. The van der Waals surface area contributed by atoms with Crippen molar-refractivity contribution in [2.24, 2.45) is 0 Å². The number of benzene rings is 2. The summed E-state index contributed by atoms with van der Waals surface area (Å²) < 4.78 is 7.70. The molecule has 1 heterocycles. The zero-order valence-corrected chi connectivity index (χ0v) is 18.2. The number of nitrogens with one attached hydrogen (secondary N) is 1. The zero-order valence-electron chi connectivity index (χ0n) is 17.4. The molecule has 152 valence electrons. The second kappa shape index (κ2) is 9.65. The number of thioether (sulfide) groups is 1. The van der Waals surface area contributed by atoms with Crippen molar-refractivity contribution in [2.45, 2.75) is 27.7 Å². The fourth-order valence-corrected chi connectivity index (χ4v) is 3.66. The van der Waals surface area contributed by atoms with Crippen molar-refractivity contribution >= 4 is 23.4 Å². The van der Waals surface area contributed by atoms with Gasteiger partial charge in [-0.25, -0.2) is 4.68 Å². The van der Waals surface area contributed by atoms with Crippen LogP contribution >= 0.6 is 11.8 Å². The topological polar surface area (TPSA) is 56.1 Å². The Labute approximate surface area is 176 Å². The van der Waals surface area contributed by atoms with E-state index >= 15 is 0 Å². The summed E-state index contributed by atoms with van der Waals surface area (Å²) in [6, 6.07) is 16.1. The third-order valence-corrected chi connectivity index (χ3v) is 5.54. The van der Waals surface area contributed by atoms with Gasteiger partial charge in [0.25, 0.3) is 0 Å². The number of carbonyl (C=O) groups excluding carboxylic acids is 1. The number of aromatic nitrogens is 2. The first-order chi connectivity index (χ1) is 14.0. The third-order valence-electron chi connectivity index (χ3n) is 4.62. The molecule has 0 spiro atoms. The minimum atomic E-state index is -0.0273. The van der Waals surface area contributed by atoms with Crippen LogP contribution in [0.1, 0.15) is 22.5 Å². The van der Waals surface area contributed by atoms with Crippen LogP contribution in [0, 0.1) is 27.7 Å². The van der Waals surface area contributed by atoms with Gasteiger partial charge in [0.15, 0.2) is 0 Å². The number of nitrogens with zero attached hydrogens (tertiary/aromatic N) is 2. The molecule has 1 N–H and O–H groups in total. The molecule has 0 aliphatic rings. The Balaban J connectivity index is 1.49. The van der Waals surface area contributed by atoms with Crippen LogP contribution in [0.3, 0.4) is 0 Å². The molecule has 3 aromatic rings. The van der Waals surface area contributed by atoms with E-state index in [1.54, 1.807) is 11.8 Å². The zero-order chi connectivity index (χ0) is 20.8. The summed E-state index contributed by atoms with van der Waals surface area (Å²) in [5, 5.41) is 7.58. The van der Waals surface area contributed by atoms with Crippen LogP contribution in [0.5, 0.6) is 5.75 Å². The maximum Gasteiger partial charge on any atom is 0.234 e. The van der Waals surface area contributed by atoms with Gasteiger partial charge in [0.1, 0.15) is 5.75 Å². The highest BCUT2D eigenvalue weighted by atomic mass is 32.2. The predicted octanol–water partition coefficient (Wildman–Crippen LogP) is 4.86. The highest BCUT2D eigenvalue weighted by Crippen LogP contribution is 2.23. The van der Waals surface area contributed by atoms with E-state index in [1.807, 2.05) is 61.9 Å². The Hall–Kier alpha value is -2.73. The van der Waals surface area contributed by atoms with Gasteiger partial charge in [-0.2, -0.15) is 5.10 Å². The van der Waals surface area contributed by atoms with Crippen LogP contribution < -0.4 is 10.1 Å². The summed E-state index contributed by atoms with van der Waals surface area (Å²) in [6.45, 7) is 8.54. The number of rotatable bonds is 8. The second-order valence-corrected chi connectivity index (χ2v) is 8.12. The number of para-hydroxylation sites is 1. The largest absolute Gasteiger partial charge is 0.492 e. The molecule has 0 atom stereocenters. The normalized spacial score (nSPS) is 10.8. The molecule has 0 saturated carbocycles. The van der Waals surface area contributed by atoms with Gasteiger partial charge in [-0.05, 0) is 57.0 Å². The molecule has 6 heteroatoms. The van der Waals surface area contributed by atoms with Crippen LogP contribution in [0.15, 0.2) is 48.5 Å². The summed E-state index contributed by atoms with van der Waals surface area (Å²) in [4.78, 5) is 12.4. The number of ether oxygens (including phenoxy) is 1. The molecule has 1 amide bonds. The van der Waals surface area contributed by atoms with Gasteiger partial charge in [-0.1, -0.05) is 30.3 Å². The van der Waals surface area contributed by atoms with E-state index in [1.165, 1.54) is 5.56 Å². The number of amides is 1. The molecule has 5 nitrogen and oxygen atoms in total. The molecule has 0 aliphatic carbocycles. The Kier molecular flexibility index (Phi) is 6.99. The molecular formula is C23H27N3O2S. The molecule has 0 radical (unpaired) electrons. The molecule has 1 aromatic heterocycles. The van der Waals surface area contributed by atoms with Crippen molar-refractivity contribution in [1.82, 2.24) is 9.78 Å². The molecule has 0 aliphatic heterocycles. The minimum absolute atomic E-state index is 0.0273. The maximum absolute atomic E-state index is 12.4. The lowest BCUT2D eigenvalue weighted by molar-refractivity contribution is -0.113. The number of hydrogen-bond acceptors (Lipinski definition) is 4. The monoisotopic (exact) mass is 409 g/mol. The first-order valence-corrected chi connectivity index (χ1v) is 10.8. The van der Waals surface area contributed by atoms with Crippen LogP contribution in [0.2, 0.25) is 0 Å². The average molecular weight is 410 g/mol. The smallest absolute Gasteiger partial charge is 0.234 e. The van der Waals surface area contributed by atoms with Crippen molar-refractivity contribution in [2.75, 3.05) is 23.4 Å². The lowest BCUT2D eigenvalue weighted by Gasteiger charge is -2.10.